The highest BCUT2D eigenvalue weighted by Gasteiger charge is 2.20. The third-order valence-corrected chi connectivity index (χ3v) is 10.7. The molecule has 0 nitrogen and oxygen atoms in total. The average Bonchev–Trinajstić information content (AvgIpc) is 3.16. The lowest BCUT2D eigenvalue weighted by atomic mass is 9.82. The Hall–Kier alpha value is -5.72. The van der Waals surface area contributed by atoms with Crippen molar-refractivity contribution in [1.29, 1.82) is 0 Å². The Kier molecular flexibility index (Phi) is 8.85. The maximum Gasteiger partial charge on any atom is -0.00201 e. The average molecular weight is 657 g/mol. The third-order valence-electron chi connectivity index (χ3n) is 10.7. The molecule has 248 valence electrons. The van der Waals surface area contributed by atoms with Gasteiger partial charge in [-0.3, -0.25) is 0 Å². The lowest BCUT2D eigenvalue weighted by Crippen LogP contribution is -2.00. The van der Waals surface area contributed by atoms with Gasteiger partial charge in [0.25, 0.3) is 0 Å². The van der Waals surface area contributed by atoms with Crippen LogP contribution < -0.4 is 0 Å². The Morgan fingerprint density at radius 1 is 0.529 bits per heavy atom. The van der Waals surface area contributed by atoms with Gasteiger partial charge in [-0.1, -0.05) is 170 Å². The summed E-state index contributed by atoms with van der Waals surface area (Å²) in [5.74, 6) is 0. The molecule has 7 aromatic carbocycles. The van der Waals surface area contributed by atoms with Gasteiger partial charge >= 0.3 is 0 Å². The number of fused-ring (bicyclic) bond motifs is 3. The van der Waals surface area contributed by atoms with E-state index in [0.717, 1.165) is 19.3 Å². The van der Waals surface area contributed by atoms with Crippen molar-refractivity contribution in [2.24, 2.45) is 0 Å². The topological polar surface area (TPSA) is 0 Å². The monoisotopic (exact) mass is 656 g/mol. The summed E-state index contributed by atoms with van der Waals surface area (Å²) in [6.07, 6.45) is 14.6. The summed E-state index contributed by atoms with van der Waals surface area (Å²) in [5, 5.41) is 7.73. The molecule has 0 aliphatic heterocycles. The number of rotatable bonds is 6. The number of aryl methyl sites for hydroxylation is 2. The lowest BCUT2D eigenvalue weighted by Gasteiger charge is -2.22. The van der Waals surface area contributed by atoms with Crippen LogP contribution in [0.2, 0.25) is 0 Å². The van der Waals surface area contributed by atoms with Gasteiger partial charge in [0.2, 0.25) is 0 Å². The predicted octanol–water partition coefficient (Wildman–Crippen LogP) is 14.7. The molecule has 0 spiro atoms. The Balaban J connectivity index is 1.32. The highest BCUT2D eigenvalue weighted by Crippen LogP contribution is 2.46. The minimum atomic E-state index is 1.02. The fourth-order valence-electron chi connectivity index (χ4n) is 8.18. The summed E-state index contributed by atoms with van der Waals surface area (Å²) >= 11 is 0. The molecule has 51 heavy (non-hydrogen) atoms. The molecule has 0 amide bonds. The van der Waals surface area contributed by atoms with Crippen molar-refractivity contribution >= 4 is 49.5 Å². The number of hydrogen-bond acceptors (Lipinski definition) is 0. The smallest absolute Gasteiger partial charge is 0.00201 e. The molecule has 0 N–H and O–H groups in total. The summed E-state index contributed by atoms with van der Waals surface area (Å²) in [4.78, 5) is 0. The largest absolute Gasteiger partial charge is 0.0842 e. The van der Waals surface area contributed by atoms with Crippen LogP contribution in [0.25, 0.3) is 71.8 Å². The third kappa shape index (κ3) is 5.85. The van der Waals surface area contributed by atoms with Gasteiger partial charge in [-0.2, -0.15) is 0 Å². The quantitative estimate of drug-likeness (QED) is 0.156. The Morgan fingerprint density at radius 2 is 1.14 bits per heavy atom. The SMILES string of the molecule is CC/C=C\c1c(C)cccc1C1=C(/C)CC/C=C/C=C\1c1ccc(-c2c3ccccc3c(-c3ccc(C)c4ccccc34)c3ccccc23)cc1. The number of hydrogen-bond donors (Lipinski definition) is 0. The molecule has 8 rings (SSSR count). The minimum absolute atomic E-state index is 1.02. The molecule has 1 aliphatic carbocycles. The molecular weight excluding hydrogens is 613 g/mol. The van der Waals surface area contributed by atoms with Crippen LogP contribution in [0.3, 0.4) is 0 Å². The van der Waals surface area contributed by atoms with Gasteiger partial charge in [-0.25, -0.2) is 0 Å². The van der Waals surface area contributed by atoms with Crippen LogP contribution in [-0.4, -0.2) is 0 Å². The molecule has 0 saturated carbocycles. The molecule has 0 radical (unpaired) electrons. The number of allylic oxidation sites excluding steroid dienone is 7. The highest BCUT2D eigenvalue weighted by atomic mass is 14.2. The summed E-state index contributed by atoms with van der Waals surface area (Å²) in [7, 11) is 0. The van der Waals surface area contributed by atoms with Crippen LogP contribution in [-0.2, 0) is 0 Å². The normalized spacial score (nSPS) is 16.7. The van der Waals surface area contributed by atoms with E-state index in [1.165, 1.54) is 99.1 Å². The Morgan fingerprint density at radius 3 is 1.80 bits per heavy atom. The maximum absolute atomic E-state index is 2.34. The van der Waals surface area contributed by atoms with Crippen LogP contribution >= 0.6 is 0 Å². The van der Waals surface area contributed by atoms with Crippen molar-refractivity contribution in [3.05, 3.63) is 185 Å². The first-order chi connectivity index (χ1) is 25.0. The molecule has 0 atom stereocenters. The predicted molar refractivity (Wildman–Crippen MR) is 224 cm³/mol. The molecule has 0 heteroatoms. The van der Waals surface area contributed by atoms with Gasteiger partial charge in [0.1, 0.15) is 0 Å². The molecule has 0 saturated heterocycles. The standard InChI is InChI=1S/C51H44/c1-5-6-19-40-34(2)18-16-27-43(40)49-36(4)17-8-7-9-21-41(49)37-29-31-38(32-30-37)50-44-23-12-14-25-46(44)51(47-26-15-13-24-45(47)50)48-33-28-35(3)39-20-10-11-22-42(39)48/h6-7,9-16,18-33H,5,8,17H2,1-4H3/b9-7+,19-6-,41-21-,49-36-. The van der Waals surface area contributed by atoms with Gasteiger partial charge in [0.05, 0.1) is 0 Å². The highest BCUT2D eigenvalue weighted by molar-refractivity contribution is 6.23. The molecule has 0 bridgehead atoms. The van der Waals surface area contributed by atoms with E-state index >= 15 is 0 Å². The van der Waals surface area contributed by atoms with E-state index in [9.17, 15) is 0 Å². The molecule has 7 aromatic rings. The van der Waals surface area contributed by atoms with Crippen LogP contribution in [0.1, 0.15) is 60.9 Å². The van der Waals surface area contributed by atoms with Crippen molar-refractivity contribution in [3.63, 3.8) is 0 Å². The van der Waals surface area contributed by atoms with Crippen molar-refractivity contribution in [3.8, 4) is 22.3 Å². The maximum atomic E-state index is 2.34. The van der Waals surface area contributed by atoms with Gasteiger partial charge in [0, 0.05) is 0 Å². The molecule has 0 unspecified atom stereocenters. The van der Waals surface area contributed by atoms with E-state index < -0.39 is 0 Å². The zero-order valence-corrected chi connectivity index (χ0v) is 30.1. The van der Waals surface area contributed by atoms with Crippen LogP contribution in [0, 0.1) is 13.8 Å². The Bertz CT molecular complexity index is 2510. The first-order valence-electron chi connectivity index (χ1n) is 18.4. The van der Waals surface area contributed by atoms with Gasteiger partial charge < -0.3 is 0 Å². The second-order valence-electron chi connectivity index (χ2n) is 13.9. The minimum Gasteiger partial charge on any atom is -0.0842 e. The molecule has 1 aliphatic rings. The van der Waals surface area contributed by atoms with E-state index in [1.807, 2.05) is 0 Å². The zero-order chi connectivity index (χ0) is 34.9. The second-order valence-corrected chi connectivity index (χ2v) is 13.9. The van der Waals surface area contributed by atoms with E-state index in [-0.39, 0.29) is 0 Å². The first-order valence-corrected chi connectivity index (χ1v) is 18.4. The van der Waals surface area contributed by atoms with E-state index in [4.69, 9.17) is 0 Å². The number of benzene rings is 7. The van der Waals surface area contributed by atoms with Crippen LogP contribution in [0.15, 0.2) is 157 Å². The van der Waals surface area contributed by atoms with E-state index in [0.29, 0.717) is 0 Å². The van der Waals surface area contributed by atoms with Crippen LogP contribution in [0.4, 0.5) is 0 Å². The van der Waals surface area contributed by atoms with Gasteiger partial charge in [-0.15, -0.1) is 0 Å². The van der Waals surface area contributed by atoms with E-state index in [2.05, 4.69) is 185 Å². The molecule has 0 aromatic heterocycles. The zero-order valence-electron chi connectivity index (χ0n) is 30.1. The fourth-order valence-corrected chi connectivity index (χ4v) is 8.18. The van der Waals surface area contributed by atoms with Gasteiger partial charge in [0.15, 0.2) is 0 Å². The lowest BCUT2D eigenvalue weighted by molar-refractivity contribution is 0.980. The Labute approximate surface area is 302 Å². The van der Waals surface area contributed by atoms with Crippen molar-refractivity contribution in [1.82, 2.24) is 0 Å². The van der Waals surface area contributed by atoms with Gasteiger partial charge in [-0.05, 0) is 134 Å². The fraction of sp³-hybridized carbons (Fsp3) is 0.137. The molecule has 0 heterocycles. The van der Waals surface area contributed by atoms with Crippen LogP contribution in [0.5, 0.6) is 0 Å². The molecule has 0 fully saturated rings. The summed E-state index contributed by atoms with van der Waals surface area (Å²) in [6, 6.07) is 47.5. The second kappa shape index (κ2) is 13.9. The van der Waals surface area contributed by atoms with Crippen molar-refractivity contribution in [2.75, 3.05) is 0 Å². The van der Waals surface area contributed by atoms with E-state index in [1.54, 1.807) is 0 Å². The van der Waals surface area contributed by atoms with Crippen molar-refractivity contribution in [2.45, 2.75) is 47.0 Å². The summed E-state index contributed by atoms with van der Waals surface area (Å²) in [5.41, 5.74) is 15.7. The first kappa shape index (κ1) is 32.5. The molecular formula is C51H44. The summed E-state index contributed by atoms with van der Waals surface area (Å²) < 4.78 is 0. The summed E-state index contributed by atoms with van der Waals surface area (Å²) in [6.45, 7) is 8.97. The van der Waals surface area contributed by atoms with Crippen molar-refractivity contribution < 1.29 is 0 Å².